The summed E-state index contributed by atoms with van der Waals surface area (Å²) in [5.41, 5.74) is 1.96. The van der Waals surface area contributed by atoms with Gasteiger partial charge in [0.1, 0.15) is 0 Å². The molecule has 2 atom stereocenters. The highest BCUT2D eigenvalue weighted by molar-refractivity contribution is 7.91. The van der Waals surface area contributed by atoms with Crippen molar-refractivity contribution in [1.82, 2.24) is 0 Å². The standard InChI is InChI=1S/C14H20N2O4S/c17-14-10-21(18,19)9-13(14)15-11-1-3-12(4-2-11)16-5-7-20-8-6-16/h1-4,13-15,17H,5-10H2. The molecule has 21 heavy (non-hydrogen) atoms. The molecule has 3 rings (SSSR count). The minimum atomic E-state index is -3.12. The fourth-order valence-electron chi connectivity index (χ4n) is 2.77. The van der Waals surface area contributed by atoms with Crippen LogP contribution in [0, 0.1) is 0 Å². The fraction of sp³-hybridized carbons (Fsp3) is 0.571. The number of rotatable bonds is 3. The topological polar surface area (TPSA) is 78.9 Å². The maximum atomic E-state index is 11.5. The van der Waals surface area contributed by atoms with Crippen LogP contribution in [0.4, 0.5) is 11.4 Å². The number of sulfone groups is 1. The quantitative estimate of drug-likeness (QED) is 0.824. The van der Waals surface area contributed by atoms with Crippen molar-refractivity contribution in [3.63, 3.8) is 0 Å². The molecular formula is C14H20N2O4S. The van der Waals surface area contributed by atoms with E-state index < -0.39 is 22.0 Å². The van der Waals surface area contributed by atoms with E-state index in [1.807, 2.05) is 24.3 Å². The number of hydrogen-bond acceptors (Lipinski definition) is 6. The molecule has 2 heterocycles. The highest BCUT2D eigenvalue weighted by Gasteiger charge is 2.36. The molecule has 2 N–H and O–H groups in total. The number of ether oxygens (including phenoxy) is 1. The van der Waals surface area contributed by atoms with Crippen LogP contribution in [0.1, 0.15) is 0 Å². The number of benzene rings is 1. The Morgan fingerprint density at radius 3 is 2.38 bits per heavy atom. The van der Waals surface area contributed by atoms with Crippen LogP contribution in [-0.4, -0.2) is 63.5 Å². The number of nitrogens with zero attached hydrogens (tertiary/aromatic N) is 1. The summed E-state index contributed by atoms with van der Waals surface area (Å²) in [4.78, 5) is 2.25. The molecule has 0 bridgehead atoms. The van der Waals surface area contributed by atoms with Crippen molar-refractivity contribution in [3.05, 3.63) is 24.3 Å². The first-order chi connectivity index (χ1) is 10.0. The molecule has 7 heteroatoms. The number of anilines is 2. The molecule has 2 aliphatic rings. The number of nitrogens with one attached hydrogen (secondary N) is 1. The molecule has 116 valence electrons. The maximum Gasteiger partial charge on any atom is 0.155 e. The molecule has 1 aromatic rings. The predicted molar refractivity (Wildman–Crippen MR) is 81.5 cm³/mol. The van der Waals surface area contributed by atoms with Crippen LogP contribution in [0.2, 0.25) is 0 Å². The molecule has 0 aliphatic carbocycles. The number of aliphatic hydroxyl groups is 1. The average molecular weight is 312 g/mol. The van der Waals surface area contributed by atoms with Gasteiger partial charge in [-0.2, -0.15) is 0 Å². The monoisotopic (exact) mass is 312 g/mol. The van der Waals surface area contributed by atoms with Crippen molar-refractivity contribution in [2.75, 3.05) is 48.0 Å². The van der Waals surface area contributed by atoms with Gasteiger partial charge >= 0.3 is 0 Å². The van der Waals surface area contributed by atoms with Crippen molar-refractivity contribution in [3.8, 4) is 0 Å². The molecule has 0 amide bonds. The Labute approximate surface area is 124 Å². The van der Waals surface area contributed by atoms with Crippen molar-refractivity contribution in [2.45, 2.75) is 12.1 Å². The van der Waals surface area contributed by atoms with Crippen LogP contribution >= 0.6 is 0 Å². The van der Waals surface area contributed by atoms with E-state index in [1.165, 1.54) is 0 Å². The third-order valence-corrected chi connectivity index (χ3v) is 5.63. The molecule has 0 radical (unpaired) electrons. The Bertz CT molecular complexity index is 581. The zero-order valence-electron chi connectivity index (χ0n) is 11.7. The lowest BCUT2D eigenvalue weighted by Gasteiger charge is -2.29. The first-order valence-electron chi connectivity index (χ1n) is 7.11. The fourth-order valence-corrected chi connectivity index (χ4v) is 4.51. The van der Waals surface area contributed by atoms with Gasteiger partial charge in [-0.1, -0.05) is 0 Å². The lowest BCUT2D eigenvalue weighted by Crippen LogP contribution is -2.36. The van der Waals surface area contributed by atoms with Gasteiger partial charge in [-0.05, 0) is 24.3 Å². The Kier molecular flexibility index (Phi) is 4.05. The van der Waals surface area contributed by atoms with E-state index in [-0.39, 0.29) is 11.5 Å². The van der Waals surface area contributed by atoms with Gasteiger partial charge < -0.3 is 20.1 Å². The summed E-state index contributed by atoms with van der Waals surface area (Å²) in [6.07, 6.45) is -0.839. The van der Waals surface area contributed by atoms with Gasteiger partial charge in [0.25, 0.3) is 0 Å². The van der Waals surface area contributed by atoms with E-state index in [2.05, 4.69) is 10.2 Å². The molecule has 0 saturated carbocycles. The second-order valence-corrected chi connectivity index (χ2v) is 7.70. The summed E-state index contributed by atoms with van der Waals surface area (Å²) < 4.78 is 28.3. The van der Waals surface area contributed by atoms with E-state index in [4.69, 9.17) is 4.74 Å². The van der Waals surface area contributed by atoms with Crippen LogP contribution in [0.15, 0.2) is 24.3 Å². The van der Waals surface area contributed by atoms with Gasteiger partial charge in [-0.25, -0.2) is 8.42 Å². The number of aliphatic hydroxyl groups excluding tert-OH is 1. The van der Waals surface area contributed by atoms with Crippen LogP contribution in [-0.2, 0) is 14.6 Å². The van der Waals surface area contributed by atoms with Crippen molar-refractivity contribution < 1.29 is 18.3 Å². The second-order valence-electron chi connectivity index (χ2n) is 5.54. The van der Waals surface area contributed by atoms with Crippen molar-refractivity contribution in [1.29, 1.82) is 0 Å². The van der Waals surface area contributed by atoms with Gasteiger partial charge in [-0.15, -0.1) is 0 Å². The smallest absolute Gasteiger partial charge is 0.155 e. The summed E-state index contributed by atoms with van der Waals surface area (Å²) >= 11 is 0. The summed E-state index contributed by atoms with van der Waals surface area (Å²) in [5.74, 6) is -0.171. The molecule has 0 aromatic heterocycles. The zero-order chi connectivity index (χ0) is 14.9. The van der Waals surface area contributed by atoms with E-state index in [1.54, 1.807) is 0 Å². The Morgan fingerprint density at radius 1 is 1.14 bits per heavy atom. The Morgan fingerprint density at radius 2 is 1.81 bits per heavy atom. The SMILES string of the molecule is O=S1(=O)CC(O)C(Nc2ccc(N3CCOCC3)cc2)C1. The Hall–Kier alpha value is -1.31. The van der Waals surface area contributed by atoms with Crippen LogP contribution in [0.5, 0.6) is 0 Å². The highest BCUT2D eigenvalue weighted by Crippen LogP contribution is 2.22. The summed E-state index contributed by atoms with van der Waals surface area (Å²) in [5, 5.41) is 12.9. The molecule has 2 aliphatic heterocycles. The molecule has 6 nitrogen and oxygen atoms in total. The second kappa shape index (κ2) is 5.82. The van der Waals surface area contributed by atoms with Gasteiger partial charge in [0.05, 0.1) is 36.9 Å². The molecule has 0 spiro atoms. The molecule has 1 aromatic carbocycles. The maximum absolute atomic E-state index is 11.5. The Balaban J connectivity index is 1.64. The van der Waals surface area contributed by atoms with Crippen molar-refractivity contribution in [2.24, 2.45) is 0 Å². The first kappa shape index (κ1) is 14.6. The van der Waals surface area contributed by atoms with Crippen LogP contribution in [0.25, 0.3) is 0 Å². The van der Waals surface area contributed by atoms with E-state index in [0.717, 1.165) is 37.7 Å². The largest absolute Gasteiger partial charge is 0.390 e. The molecular weight excluding hydrogens is 292 g/mol. The molecule has 2 fully saturated rings. The van der Waals surface area contributed by atoms with E-state index in [9.17, 15) is 13.5 Å². The van der Waals surface area contributed by atoms with Crippen LogP contribution < -0.4 is 10.2 Å². The number of morpholine rings is 1. The van der Waals surface area contributed by atoms with E-state index >= 15 is 0 Å². The zero-order valence-corrected chi connectivity index (χ0v) is 12.6. The minimum absolute atomic E-state index is 0.0145. The lowest BCUT2D eigenvalue weighted by atomic mass is 10.2. The predicted octanol–water partition coefficient (Wildman–Crippen LogP) is 0.0930. The van der Waals surface area contributed by atoms with Gasteiger partial charge in [0, 0.05) is 24.5 Å². The summed E-state index contributed by atoms with van der Waals surface area (Å²) in [7, 11) is -3.12. The summed E-state index contributed by atoms with van der Waals surface area (Å²) in [6.45, 7) is 3.25. The number of hydrogen-bond donors (Lipinski definition) is 2. The third-order valence-electron chi connectivity index (χ3n) is 3.92. The van der Waals surface area contributed by atoms with Gasteiger partial charge in [0.15, 0.2) is 9.84 Å². The highest BCUT2D eigenvalue weighted by atomic mass is 32.2. The molecule has 2 saturated heterocycles. The normalized spacial score (nSPS) is 28.5. The van der Waals surface area contributed by atoms with Crippen LogP contribution in [0.3, 0.4) is 0 Å². The van der Waals surface area contributed by atoms with Gasteiger partial charge in [-0.3, -0.25) is 0 Å². The van der Waals surface area contributed by atoms with E-state index in [0.29, 0.717) is 0 Å². The third kappa shape index (κ3) is 3.48. The van der Waals surface area contributed by atoms with Gasteiger partial charge in [0.2, 0.25) is 0 Å². The lowest BCUT2D eigenvalue weighted by molar-refractivity contribution is 0.122. The summed E-state index contributed by atoms with van der Waals surface area (Å²) in [6, 6.07) is 7.42. The molecule has 2 unspecified atom stereocenters. The van der Waals surface area contributed by atoms with Crippen molar-refractivity contribution >= 4 is 21.2 Å². The minimum Gasteiger partial charge on any atom is -0.390 e. The average Bonchev–Trinajstić information content (AvgIpc) is 2.73. The first-order valence-corrected chi connectivity index (χ1v) is 8.93.